The SMILES string of the molecule is CCCCCCCCCCCC[S+]([O-])C(CCCCCCC)C(C)OC(CP(=O)(O)OCCC)C(=O)O. The molecule has 0 spiro atoms. The maximum Gasteiger partial charge on any atom is 0.333 e. The molecule has 0 aromatic heterocycles. The Labute approximate surface area is 230 Å². The van der Waals surface area contributed by atoms with Crippen LogP contribution in [0.25, 0.3) is 0 Å². The first-order chi connectivity index (χ1) is 17.7. The molecule has 7 nitrogen and oxygen atoms in total. The van der Waals surface area contributed by atoms with Crippen molar-refractivity contribution in [3.8, 4) is 0 Å². The molecule has 5 atom stereocenters. The van der Waals surface area contributed by atoms with Crippen LogP contribution >= 0.6 is 7.60 Å². The number of carboxylic acid groups (broad SMARTS) is 1. The number of aliphatic carboxylic acids is 1. The smallest absolute Gasteiger partial charge is 0.333 e. The van der Waals surface area contributed by atoms with Crippen molar-refractivity contribution in [3.05, 3.63) is 0 Å². The monoisotopic (exact) mass is 568 g/mol. The molecule has 37 heavy (non-hydrogen) atoms. The zero-order valence-corrected chi connectivity index (χ0v) is 25.9. The molecule has 0 aromatic rings. The molecule has 0 aliphatic carbocycles. The highest BCUT2D eigenvalue weighted by Gasteiger charge is 2.36. The second kappa shape index (κ2) is 23.7. The summed E-state index contributed by atoms with van der Waals surface area (Å²) in [6.45, 7) is 8.03. The van der Waals surface area contributed by atoms with Crippen LogP contribution in [0.5, 0.6) is 0 Å². The lowest BCUT2D eigenvalue weighted by atomic mass is 10.1. The fraction of sp³-hybridized carbons (Fsp3) is 0.964. The number of carboxylic acids is 1. The Morgan fingerprint density at radius 3 is 1.81 bits per heavy atom. The van der Waals surface area contributed by atoms with Gasteiger partial charge in [-0.15, -0.1) is 0 Å². The minimum Gasteiger partial charge on any atom is -0.616 e. The molecule has 0 amide bonds. The fourth-order valence-electron chi connectivity index (χ4n) is 4.43. The van der Waals surface area contributed by atoms with Crippen molar-refractivity contribution in [2.75, 3.05) is 18.5 Å². The summed E-state index contributed by atoms with van der Waals surface area (Å²) in [4.78, 5) is 21.8. The van der Waals surface area contributed by atoms with Crippen molar-refractivity contribution in [2.24, 2.45) is 0 Å². The topological polar surface area (TPSA) is 116 Å². The third-order valence-electron chi connectivity index (χ3n) is 6.70. The van der Waals surface area contributed by atoms with E-state index in [1.807, 2.05) is 6.92 Å². The van der Waals surface area contributed by atoms with E-state index in [2.05, 4.69) is 13.8 Å². The van der Waals surface area contributed by atoms with Crippen molar-refractivity contribution in [1.82, 2.24) is 0 Å². The van der Waals surface area contributed by atoms with E-state index in [1.165, 1.54) is 51.4 Å². The van der Waals surface area contributed by atoms with Crippen LogP contribution in [0.2, 0.25) is 0 Å². The molecule has 0 aliphatic heterocycles. The van der Waals surface area contributed by atoms with Gasteiger partial charge in [-0.1, -0.05) is 97.8 Å². The Kier molecular flexibility index (Phi) is 23.7. The maximum atomic E-state index is 13.3. The zero-order valence-electron chi connectivity index (χ0n) is 24.2. The van der Waals surface area contributed by atoms with Gasteiger partial charge in [-0.25, -0.2) is 4.79 Å². The maximum absolute atomic E-state index is 13.3. The Morgan fingerprint density at radius 1 is 0.838 bits per heavy atom. The van der Waals surface area contributed by atoms with Crippen LogP contribution in [0, 0.1) is 0 Å². The molecule has 0 aliphatic rings. The van der Waals surface area contributed by atoms with Gasteiger partial charge in [0.25, 0.3) is 0 Å². The molecule has 0 bridgehead atoms. The Hall–Kier alpha value is -0.110. The molecule has 0 heterocycles. The van der Waals surface area contributed by atoms with Gasteiger partial charge in [-0.05, 0) is 50.2 Å². The summed E-state index contributed by atoms with van der Waals surface area (Å²) in [5.41, 5.74) is 0. The summed E-state index contributed by atoms with van der Waals surface area (Å²) in [6.07, 6.45) is 16.1. The van der Waals surface area contributed by atoms with Gasteiger partial charge in [-0.3, -0.25) is 4.57 Å². The predicted octanol–water partition coefficient (Wildman–Crippen LogP) is 7.86. The summed E-state index contributed by atoms with van der Waals surface area (Å²) in [6, 6.07) is 0. The Balaban J connectivity index is 4.80. The van der Waals surface area contributed by atoms with Gasteiger partial charge in [0.1, 0.15) is 17.1 Å². The molecular formula is C28H57O7PS. The van der Waals surface area contributed by atoms with Gasteiger partial charge in [0, 0.05) is 0 Å². The van der Waals surface area contributed by atoms with Crippen LogP contribution in [-0.4, -0.2) is 56.5 Å². The van der Waals surface area contributed by atoms with Crippen LogP contribution in [-0.2, 0) is 29.8 Å². The molecule has 5 unspecified atom stereocenters. The second-order valence-electron chi connectivity index (χ2n) is 10.3. The number of rotatable bonds is 27. The molecule has 9 heteroatoms. The fourth-order valence-corrected chi connectivity index (χ4v) is 7.38. The summed E-state index contributed by atoms with van der Waals surface area (Å²) < 4.78 is 36.3. The lowest BCUT2D eigenvalue weighted by Gasteiger charge is -2.29. The van der Waals surface area contributed by atoms with E-state index in [0.717, 1.165) is 44.9 Å². The highest BCUT2D eigenvalue weighted by molar-refractivity contribution is 7.92. The normalized spacial score (nSPS) is 16.7. The molecule has 0 saturated heterocycles. The van der Waals surface area contributed by atoms with Gasteiger partial charge in [-0.2, -0.15) is 0 Å². The molecule has 0 rings (SSSR count). The number of carbonyl (C=O) groups is 1. The van der Waals surface area contributed by atoms with E-state index in [-0.39, 0.29) is 11.9 Å². The highest BCUT2D eigenvalue weighted by atomic mass is 32.2. The van der Waals surface area contributed by atoms with E-state index in [4.69, 9.17) is 9.26 Å². The quantitative estimate of drug-likeness (QED) is 0.0588. The average molecular weight is 569 g/mol. The first-order valence-corrected chi connectivity index (χ1v) is 18.0. The molecule has 0 radical (unpaired) electrons. The third-order valence-corrected chi connectivity index (χ3v) is 10.1. The van der Waals surface area contributed by atoms with Gasteiger partial charge < -0.3 is 23.8 Å². The number of ether oxygens (including phenoxy) is 1. The van der Waals surface area contributed by atoms with Gasteiger partial charge >= 0.3 is 13.6 Å². The van der Waals surface area contributed by atoms with Crippen molar-refractivity contribution < 1.29 is 33.2 Å². The van der Waals surface area contributed by atoms with Gasteiger partial charge in [0.05, 0.1) is 12.8 Å². The molecule has 0 saturated carbocycles. The van der Waals surface area contributed by atoms with Crippen LogP contribution in [0.15, 0.2) is 0 Å². The molecule has 2 N–H and O–H groups in total. The van der Waals surface area contributed by atoms with E-state index >= 15 is 0 Å². The minimum absolute atomic E-state index is 0.0823. The average Bonchev–Trinajstić information content (AvgIpc) is 2.85. The van der Waals surface area contributed by atoms with E-state index in [1.54, 1.807) is 6.92 Å². The first kappa shape index (κ1) is 36.9. The van der Waals surface area contributed by atoms with E-state index in [0.29, 0.717) is 18.6 Å². The largest absolute Gasteiger partial charge is 0.616 e. The molecular weight excluding hydrogens is 511 g/mol. The molecule has 0 fully saturated rings. The van der Waals surface area contributed by atoms with Crippen molar-refractivity contribution in [3.63, 3.8) is 0 Å². The molecule has 222 valence electrons. The third kappa shape index (κ3) is 20.5. The van der Waals surface area contributed by atoms with Crippen molar-refractivity contribution in [1.29, 1.82) is 0 Å². The van der Waals surface area contributed by atoms with Crippen LogP contribution in [0.4, 0.5) is 0 Å². The second-order valence-corrected chi connectivity index (χ2v) is 14.0. The standard InChI is InChI=1S/C28H57O7PS/c1-5-8-10-12-13-14-15-16-18-20-23-37(33)27(21-19-17-11-9-6-2)25(4)35-26(28(29)30)24-36(31,32)34-22-7-3/h25-27H,5-24H2,1-4H3,(H,29,30)(H,31,32). The van der Waals surface area contributed by atoms with Gasteiger partial charge in [0.2, 0.25) is 0 Å². The zero-order chi connectivity index (χ0) is 27.9. The summed E-state index contributed by atoms with van der Waals surface area (Å²) in [7, 11) is -4.08. The lowest BCUT2D eigenvalue weighted by molar-refractivity contribution is -0.152. The summed E-state index contributed by atoms with van der Waals surface area (Å²) in [5, 5.41) is 9.33. The molecule has 0 aromatic carbocycles. The predicted molar refractivity (Wildman–Crippen MR) is 155 cm³/mol. The van der Waals surface area contributed by atoms with Gasteiger partial charge in [0.15, 0.2) is 6.10 Å². The number of hydrogen-bond donors (Lipinski definition) is 2. The van der Waals surface area contributed by atoms with E-state index in [9.17, 15) is 23.9 Å². The van der Waals surface area contributed by atoms with E-state index < -0.39 is 43.1 Å². The summed E-state index contributed by atoms with van der Waals surface area (Å²) in [5.74, 6) is -0.719. The lowest BCUT2D eigenvalue weighted by Crippen LogP contribution is -2.41. The van der Waals surface area contributed by atoms with Crippen LogP contribution in [0.3, 0.4) is 0 Å². The summed E-state index contributed by atoms with van der Waals surface area (Å²) >= 11 is -1.15. The Bertz CT molecular complexity index is 593. The van der Waals surface area contributed by atoms with Crippen LogP contribution < -0.4 is 0 Å². The highest BCUT2D eigenvalue weighted by Crippen LogP contribution is 2.43. The number of unbranched alkanes of at least 4 members (excludes halogenated alkanes) is 13. The van der Waals surface area contributed by atoms with Crippen molar-refractivity contribution >= 4 is 24.7 Å². The number of hydrogen-bond acceptors (Lipinski definition) is 5. The minimum atomic E-state index is -4.08. The first-order valence-electron chi connectivity index (χ1n) is 14.9. The van der Waals surface area contributed by atoms with Crippen LogP contribution in [0.1, 0.15) is 137 Å². The Morgan fingerprint density at radius 2 is 1.32 bits per heavy atom. The van der Waals surface area contributed by atoms with Crippen molar-refractivity contribution in [2.45, 2.75) is 154 Å².